The number of likely N-dealkylation sites (tertiary alicyclic amines) is 1. The van der Waals surface area contributed by atoms with Gasteiger partial charge in [0.2, 0.25) is 0 Å². The maximum atomic E-state index is 13.3. The highest BCUT2D eigenvalue weighted by atomic mass is 16.5. The summed E-state index contributed by atoms with van der Waals surface area (Å²) in [5.74, 6) is -0.191. The number of aryl methyl sites for hydroxylation is 1. The van der Waals surface area contributed by atoms with Crippen LogP contribution in [0.1, 0.15) is 53.6 Å². The monoisotopic (exact) mass is 451 g/mol. The number of rotatable bonds is 9. The topological polar surface area (TPSA) is 102 Å². The van der Waals surface area contributed by atoms with E-state index in [1.807, 2.05) is 11.0 Å². The summed E-state index contributed by atoms with van der Waals surface area (Å²) in [7, 11) is 1.57. The van der Waals surface area contributed by atoms with Crippen molar-refractivity contribution in [3.63, 3.8) is 0 Å². The molecular formula is C25H29N3O5. The second-order valence-corrected chi connectivity index (χ2v) is 8.01. The summed E-state index contributed by atoms with van der Waals surface area (Å²) in [6.07, 6.45) is 6.25. The lowest BCUT2D eigenvalue weighted by atomic mass is 10.0. The molecule has 33 heavy (non-hydrogen) atoms. The fourth-order valence-electron chi connectivity index (χ4n) is 3.87. The van der Waals surface area contributed by atoms with Crippen LogP contribution in [0.4, 0.5) is 0 Å². The number of hydrogen-bond acceptors (Lipinski definition) is 6. The number of aromatic nitrogens is 1. The molecular weight excluding hydrogens is 422 g/mol. The maximum absolute atomic E-state index is 13.3. The number of ketones is 1. The van der Waals surface area contributed by atoms with E-state index in [0.29, 0.717) is 25.3 Å². The van der Waals surface area contributed by atoms with E-state index >= 15 is 0 Å². The highest BCUT2D eigenvalue weighted by Gasteiger charge is 2.20. The van der Waals surface area contributed by atoms with Crippen LogP contribution in [0.25, 0.3) is 0 Å². The molecule has 1 fully saturated rings. The van der Waals surface area contributed by atoms with E-state index in [1.54, 1.807) is 31.4 Å². The molecule has 0 bridgehead atoms. The highest BCUT2D eigenvalue weighted by molar-refractivity contribution is 6.10. The predicted octanol–water partition coefficient (Wildman–Crippen LogP) is 2.77. The van der Waals surface area contributed by atoms with Gasteiger partial charge in [-0.15, -0.1) is 0 Å². The summed E-state index contributed by atoms with van der Waals surface area (Å²) in [6, 6.07) is 9.86. The Balaban J connectivity index is 1.80. The van der Waals surface area contributed by atoms with Crippen molar-refractivity contribution in [2.45, 2.75) is 38.6 Å². The number of para-hydroxylation sites is 1. The Labute approximate surface area is 193 Å². The van der Waals surface area contributed by atoms with Crippen LogP contribution >= 0.6 is 0 Å². The summed E-state index contributed by atoms with van der Waals surface area (Å²) in [5, 5.41) is 9.37. The number of amides is 1. The van der Waals surface area contributed by atoms with Crippen molar-refractivity contribution < 1.29 is 19.1 Å². The van der Waals surface area contributed by atoms with E-state index in [1.165, 1.54) is 16.8 Å². The number of benzene rings is 1. The maximum Gasteiger partial charge on any atom is 0.268 e. The number of nitriles is 1. The lowest BCUT2D eigenvalue weighted by molar-refractivity contribution is -0.133. The summed E-state index contributed by atoms with van der Waals surface area (Å²) in [6.45, 7) is 2.08. The summed E-state index contributed by atoms with van der Waals surface area (Å²) < 4.78 is 12.1. The van der Waals surface area contributed by atoms with Crippen LogP contribution < -0.4 is 10.3 Å². The molecule has 2 heterocycles. The van der Waals surface area contributed by atoms with Crippen LogP contribution in [0, 0.1) is 11.3 Å². The first kappa shape index (κ1) is 24.2. The zero-order valence-corrected chi connectivity index (χ0v) is 18.9. The minimum atomic E-state index is -0.447. The van der Waals surface area contributed by atoms with Gasteiger partial charge in [0.1, 0.15) is 17.4 Å². The van der Waals surface area contributed by atoms with E-state index in [2.05, 4.69) is 0 Å². The first-order chi connectivity index (χ1) is 16.0. The van der Waals surface area contributed by atoms with Gasteiger partial charge in [-0.2, -0.15) is 5.26 Å². The number of hydrogen-bond donors (Lipinski definition) is 0. The van der Waals surface area contributed by atoms with Crippen molar-refractivity contribution in [3.05, 3.63) is 63.6 Å². The molecule has 1 aromatic carbocycles. The predicted molar refractivity (Wildman–Crippen MR) is 122 cm³/mol. The molecule has 1 amide bonds. The molecule has 1 aromatic heterocycles. The van der Waals surface area contributed by atoms with Gasteiger partial charge in [-0.25, -0.2) is 0 Å². The lowest BCUT2D eigenvalue weighted by Crippen LogP contribution is -2.35. The Morgan fingerprint density at radius 2 is 1.85 bits per heavy atom. The van der Waals surface area contributed by atoms with E-state index in [0.717, 1.165) is 38.8 Å². The molecule has 1 aliphatic rings. The number of carbonyl (C=O) groups excluding carboxylic acids is 2. The van der Waals surface area contributed by atoms with E-state index < -0.39 is 5.56 Å². The molecule has 0 saturated carbocycles. The van der Waals surface area contributed by atoms with Crippen LogP contribution in [0.15, 0.2) is 41.3 Å². The van der Waals surface area contributed by atoms with Crippen molar-refractivity contribution >= 4 is 11.7 Å². The molecule has 0 spiro atoms. The number of nitrogens with zero attached hydrogens (tertiary/aromatic N) is 3. The van der Waals surface area contributed by atoms with Gasteiger partial charge in [0, 0.05) is 45.1 Å². The van der Waals surface area contributed by atoms with Gasteiger partial charge in [-0.1, -0.05) is 25.0 Å². The molecule has 0 unspecified atom stereocenters. The van der Waals surface area contributed by atoms with Crippen LogP contribution in [-0.2, 0) is 16.1 Å². The zero-order valence-electron chi connectivity index (χ0n) is 18.9. The molecule has 2 aromatic rings. The van der Waals surface area contributed by atoms with Gasteiger partial charge in [0.05, 0.1) is 5.56 Å². The molecule has 0 aliphatic carbocycles. The van der Waals surface area contributed by atoms with E-state index in [4.69, 9.17) is 9.47 Å². The van der Waals surface area contributed by atoms with Crippen LogP contribution in [0.5, 0.6) is 5.75 Å². The zero-order chi connectivity index (χ0) is 23.6. The first-order valence-corrected chi connectivity index (χ1v) is 11.2. The molecule has 174 valence electrons. The number of pyridine rings is 1. The summed E-state index contributed by atoms with van der Waals surface area (Å²) in [4.78, 5) is 40.2. The quantitative estimate of drug-likeness (QED) is 0.429. The van der Waals surface area contributed by atoms with Gasteiger partial charge in [-0.3, -0.25) is 14.4 Å². The van der Waals surface area contributed by atoms with Gasteiger partial charge in [0.15, 0.2) is 12.4 Å². The molecule has 8 nitrogen and oxygen atoms in total. The largest absolute Gasteiger partial charge is 0.483 e. The van der Waals surface area contributed by atoms with Gasteiger partial charge in [-0.05, 0) is 37.5 Å². The van der Waals surface area contributed by atoms with Crippen molar-refractivity contribution in [1.29, 1.82) is 5.26 Å². The van der Waals surface area contributed by atoms with Crippen molar-refractivity contribution in [3.8, 4) is 11.8 Å². The SMILES string of the molecule is COCCCn1cc(C(=O)c2ccccc2OCC(=O)N2CCCCCC2)cc(C#N)c1=O. The molecule has 8 heteroatoms. The summed E-state index contributed by atoms with van der Waals surface area (Å²) in [5.41, 5.74) is -0.0728. The average molecular weight is 452 g/mol. The van der Waals surface area contributed by atoms with Gasteiger partial charge >= 0.3 is 0 Å². The average Bonchev–Trinajstić information content (AvgIpc) is 3.13. The second kappa shape index (κ2) is 12.0. The smallest absolute Gasteiger partial charge is 0.268 e. The van der Waals surface area contributed by atoms with Gasteiger partial charge < -0.3 is 18.9 Å². The van der Waals surface area contributed by atoms with E-state index in [9.17, 15) is 19.6 Å². The minimum absolute atomic E-state index is 0.0994. The van der Waals surface area contributed by atoms with E-state index in [-0.39, 0.29) is 35.0 Å². The van der Waals surface area contributed by atoms with Gasteiger partial charge in [0.25, 0.3) is 11.5 Å². The molecule has 1 saturated heterocycles. The summed E-state index contributed by atoms with van der Waals surface area (Å²) >= 11 is 0. The number of ether oxygens (including phenoxy) is 2. The Morgan fingerprint density at radius 3 is 2.55 bits per heavy atom. The Kier molecular flexibility index (Phi) is 8.79. The highest BCUT2D eigenvalue weighted by Crippen LogP contribution is 2.22. The third-order valence-corrected chi connectivity index (χ3v) is 5.66. The Bertz CT molecular complexity index is 1080. The first-order valence-electron chi connectivity index (χ1n) is 11.2. The fourth-order valence-corrected chi connectivity index (χ4v) is 3.87. The normalized spacial score (nSPS) is 13.8. The van der Waals surface area contributed by atoms with Crippen LogP contribution in [0.3, 0.4) is 0 Å². The second-order valence-electron chi connectivity index (χ2n) is 8.01. The van der Waals surface area contributed by atoms with Crippen LogP contribution in [-0.4, -0.2) is 54.6 Å². The minimum Gasteiger partial charge on any atom is -0.483 e. The van der Waals surface area contributed by atoms with Crippen molar-refractivity contribution in [1.82, 2.24) is 9.47 Å². The lowest BCUT2D eigenvalue weighted by Gasteiger charge is -2.20. The van der Waals surface area contributed by atoms with Crippen molar-refractivity contribution in [2.24, 2.45) is 0 Å². The Hall–Kier alpha value is -3.44. The standard InChI is InChI=1S/C25H29N3O5/c1-32-14-8-13-28-17-20(15-19(16-26)25(28)31)24(30)21-9-4-5-10-22(21)33-18-23(29)27-11-6-2-3-7-12-27/h4-5,9-10,15,17H,2-3,6-8,11-14,18H2,1H3. The molecule has 0 radical (unpaired) electrons. The van der Waals surface area contributed by atoms with Crippen LogP contribution in [0.2, 0.25) is 0 Å². The molecule has 0 atom stereocenters. The Morgan fingerprint density at radius 1 is 1.12 bits per heavy atom. The molecule has 1 aliphatic heterocycles. The third-order valence-electron chi connectivity index (χ3n) is 5.66. The number of carbonyl (C=O) groups is 2. The fraction of sp³-hybridized carbons (Fsp3) is 0.440. The van der Waals surface area contributed by atoms with Crippen molar-refractivity contribution in [2.75, 3.05) is 33.4 Å². The third kappa shape index (κ3) is 6.30. The molecule has 3 rings (SSSR count). The molecule has 0 N–H and O–H groups in total. The number of methoxy groups -OCH3 is 1.